The lowest BCUT2D eigenvalue weighted by Crippen LogP contribution is -2.25. The molecule has 0 spiro atoms. The molecule has 0 unspecified atom stereocenters. The molecule has 0 saturated heterocycles. The van der Waals surface area contributed by atoms with Gasteiger partial charge in [0.05, 0.1) is 6.61 Å². The maximum Gasteiger partial charge on any atom is 0.220 e. The molecule has 0 aliphatic rings. The summed E-state index contributed by atoms with van der Waals surface area (Å²) in [7, 11) is 0. The van der Waals surface area contributed by atoms with E-state index in [1.165, 1.54) is 32.1 Å². The van der Waals surface area contributed by atoms with Crippen LogP contribution in [0.25, 0.3) is 0 Å². The zero-order chi connectivity index (χ0) is 20.7. The number of phenols is 1. The van der Waals surface area contributed by atoms with E-state index in [9.17, 15) is 9.90 Å². The third-order valence-electron chi connectivity index (χ3n) is 5.00. The Bertz CT molecular complexity index is 695. The normalized spacial score (nSPS) is 10.7. The van der Waals surface area contributed by atoms with Crippen molar-refractivity contribution >= 4 is 5.91 Å². The van der Waals surface area contributed by atoms with Crippen LogP contribution in [0.3, 0.4) is 0 Å². The molecule has 2 aromatic carbocycles. The van der Waals surface area contributed by atoms with Crippen molar-refractivity contribution < 1.29 is 14.6 Å². The number of nitrogens with one attached hydrogen (secondary N) is 1. The van der Waals surface area contributed by atoms with Gasteiger partial charge in [0.15, 0.2) is 0 Å². The second-order valence-corrected chi connectivity index (χ2v) is 7.53. The van der Waals surface area contributed by atoms with E-state index in [-0.39, 0.29) is 11.7 Å². The van der Waals surface area contributed by atoms with E-state index in [4.69, 9.17) is 4.74 Å². The Labute approximate surface area is 175 Å². The smallest absolute Gasteiger partial charge is 0.220 e. The number of hydrogen-bond donors (Lipinski definition) is 2. The summed E-state index contributed by atoms with van der Waals surface area (Å²) >= 11 is 0. The second-order valence-electron chi connectivity index (χ2n) is 7.53. The van der Waals surface area contributed by atoms with Gasteiger partial charge in [-0.05, 0) is 54.7 Å². The zero-order valence-corrected chi connectivity index (χ0v) is 17.7. The van der Waals surface area contributed by atoms with Crippen LogP contribution in [0.5, 0.6) is 11.5 Å². The van der Waals surface area contributed by atoms with Gasteiger partial charge in [-0.3, -0.25) is 4.79 Å². The zero-order valence-electron chi connectivity index (χ0n) is 17.7. The van der Waals surface area contributed by atoms with Crippen LogP contribution < -0.4 is 10.1 Å². The maximum absolute atomic E-state index is 12.0. The van der Waals surface area contributed by atoms with Crippen LogP contribution in [0.1, 0.15) is 63.0 Å². The number of rotatable bonds is 14. The summed E-state index contributed by atoms with van der Waals surface area (Å²) in [6.07, 6.45) is 9.55. The van der Waals surface area contributed by atoms with E-state index < -0.39 is 0 Å². The summed E-state index contributed by atoms with van der Waals surface area (Å²) < 4.78 is 5.80. The first kappa shape index (κ1) is 22.8. The molecule has 0 bridgehead atoms. The molecule has 0 heterocycles. The first-order valence-corrected chi connectivity index (χ1v) is 10.9. The van der Waals surface area contributed by atoms with Crippen molar-refractivity contribution in [2.75, 3.05) is 13.2 Å². The minimum absolute atomic E-state index is 0.0622. The molecule has 0 aromatic heterocycles. The number of aromatic hydroxyl groups is 1. The lowest BCUT2D eigenvalue weighted by molar-refractivity contribution is -0.121. The molecule has 1 amide bonds. The van der Waals surface area contributed by atoms with Gasteiger partial charge in [0, 0.05) is 13.0 Å². The molecule has 4 heteroatoms. The van der Waals surface area contributed by atoms with E-state index in [0.717, 1.165) is 42.7 Å². The van der Waals surface area contributed by atoms with Crippen molar-refractivity contribution in [3.8, 4) is 11.5 Å². The van der Waals surface area contributed by atoms with Gasteiger partial charge < -0.3 is 15.2 Å². The monoisotopic (exact) mass is 397 g/mol. The van der Waals surface area contributed by atoms with E-state index in [0.29, 0.717) is 13.0 Å². The van der Waals surface area contributed by atoms with Gasteiger partial charge in [-0.15, -0.1) is 0 Å². The molecule has 0 saturated carbocycles. The fourth-order valence-corrected chi connectivity index (χ4v) is 3.18. The topological polar surface area (TPSA) is 58.6 Å². The van der Waals surface area contributed by atoms with Crippen molar-refractivity contribution in [1.82, 2.24) is 5.32 Å². The highest BCUT2D eigenvalue weighted by Crippen LogP contribution is 2.15. The van der Waals surface area contributed by atoms with E-state index in [1.54, 1.807) is 12.1 Å². The summed E-state index contributed by atoms with van der Waals surface area (Å²) in [5.41, 5.74) is 2.24. The Hall–Kier alpha value is -2.49. The predicted octanol–water partition coefficient (Wildman–Crippen LogP) is 5.42. The molecule has 4 nitrogen and oxygen atoms in total. The predicted molar refractivity (Wildman–Crippen MR) is 118 cm³/mol. The first-order chi connectivity index (χ1) is 14.2. The molecule has 158 valence electrons. The van der Waals surface area contributed by atoms with Crippen LogP contribution in [0.2, 0.25) is 0 Å². The minimum atomic E-state index is 0.0622. The highest BCUT2D eigenvalue weighted by molar-refractivity contribution is 5.76. The van der Waals surface area contributed by atoms with Crippen LogP contribution >= 0.6 is 0 Å². The summed E-state index contributed by atoms with van der Waals surface area (Å²) in [5.74, 6) is 1.23. The Morgan fingerprint density at radius 2 is 1.48 bits per heavy atom. The molecular weight excluding hydrogens is 362 g/mol. The Morgan fingerprint density at radius 1 is 0.862 bits per heavy atom. The molecule has 2 aromatic rings. The maximum atomic E-state index is 12.0. The van der Waals surface area contributed by atoms with E-state index >= 15 is 0 Å². The average Bonchev–Trinajstić information content (AvgIpc) is 2.74. The number of ether oxygens (including phenoxy) is 1. The van der Waals surface area contributed by atoms with Gasteiger partial charge in [-0.25, -0.2) is 0 Å². The van der Waals surface area contributed by atoms with Gasteiger partial charge in [0.1, 0.15) is 11.5 Å². The SMILES string of the molecule is CCCCCCCCOc1ccc(CCC(=O)NCCc2ccc(O)cc2)cc1. The molecule has 2 N–H and O–H groups in total. The largest absolute Gasteiger partial charge is 0.508 e. The number of unbranched alkanes of at least 4 members (excludes halogenated alkanes) is 5. The van der Waals surface area contributed by atoms with Crippen LogP contribution in [0.15, 0.2) is 48.5 Å². The number of aryl methyl sites for hydroxylation is 1. The molecule has 0 atom stereocenters. The van der Waals surface area contributed by atoms with Crippen LogP contribution in [0, 0.1) is 0 Å². The van der Waals surface area contributed by atoms with Crippen LogP contribution in [0.4, 0.5) is 0 Å². The van der Waals surface area contributed by atoms with Crippen molar-refractivity contribution in [2.45, 2.75) is 64.7 Å². The van der Waals surface area contributed by atoms with Gasteiger partial charge in [0.2, 0.25) is 5.91 Å². The molecular formula is C25H35NO3. The summed E-state index contributed by atoms with van der Waals surface area (Å²) in [5, 5.41) is 12.2. The molecule has 0 radical (unpaired) electrons. The van der Waals surface area contributed by atoms with Gasteiger partial charge >= 0.3 is 0 Å². The molecule has 2 rings (SSSR count). The standard InChI is InChI=1S/C25H35NO3/c1-2-3-4-5-6-7-20-29-24-15-10-21(11-16-24)12-17-25(28)26-19-18-22-8-13-23(27)14-9-22/h8-11,13-16,27H,2-7,12,17-20H2,1H3,(H,26,28). The third-order valence-corrected chi connectivity index (χ3v) is 5.00. The number of phenolic OH excluding ortho intramolecular Hbond substituents is 1. The van der Waals surface area contributed by atoms with Crippen molar-refractivity contribution in [2.24, 2.45) is 0 Å². The molecule has 29 heavy (non-hydrogen) atoms. The first-order valence-electron chi connectivity index (χ1n) is 10.9. The quantitative estimate of drug-likeness (QED) is 0.418. The van der Waals surface area contributed by atoms with Crippen LogP contribution in [-0.2, 0) is 17.6 Å². The van der Waals surface area contributed by atoms with Gasteiger partial charge in [0.25, 0.3) is 0 Å². The number of carbonyl (C=O) groups is 1. The lowest BCUT2D eigenvalue weighted by atomic mass is 10.1. The molecule has 0 aliphatic carbocycles. The lowest BCUT2D eigenvalue weighted by Gasteiger charge is -2.08. The number of hydrogen-bond acceptors (Lipinski definition) is 3. The van der Waals surface area contributed by atoms with Crippen molar-refractivity contribution in [3.05, 3.63) is 59.7 Å². The Balaban J connectivity index is 1.56. The highest BCUT2D eigenvalue weighted by atomic mass is 16.5. The van der Waals surface area contributed by atoms with Crippen molar-refractivity contribution in [1.29, 1.82) is 0 Å². The number of carbonyl (C=O) groups excluding carboxylic acids is 1. The highest BCUT2D eigenvalue weighted by Gasteiger charge is 2.03. The summed E-state index contributed by atoms with van der Waals surface area (Å²) in [6.45, 7) is 3.61. The van der Waals surface area contributed by atoms with Gasteiger partial charge in [-0.1, -0.05) is 63.3 Å². The third kappa shape index (κ3) is 10.0. The number of benzene rings is 2. The van der Waals surface area contributed by atoms with E-state index in [1.807, 2.05) is 36.4 Å². The van der Waals surface area contributed by atoms with Gasteiger partial charge in [-0.2, -0.15) is 0 Å². The second kappa shape index (κ2) is 13.6. The summed E-state index contributed by atoms with van der Waals surface area (Å²) in [6, 6.07) is 15.1. The molecule has 0 fully saturated rings. The van der Waals surface area contributed by atoms with Crippen LogP contribution in [-0.4, -0.2) is 24.2 Å². The fourth-order valence-electron chi connectivity index (χ4n) is 3.18. The van der Waals surface area contributed by atoms with E-state index in [2.05, 4.69) is 12.2 Å². The Kier molecular flexibility index (Phi) is 10.7. The minimum Gasteiger partial charge on any atom is -0.508 e. The fraction of sp³-hybridized carbons (Fsp3) is 0.480. The summed E-state index contributed by atoms with van der Waals surface area (Å²) in [4.78, 5) is 12.0. The number of amides is 1. The average molecular weight is 398 g/mol. The Morgan fingerprint density at radius 3 is 2.21 bits per heavy atom. The molecule has 0 aliphatic heterocycles. The van der Waals surface area contributed by atoms with Crippen molar-refractivity contribution in [3.63, 3.8) is 0 Å².